The van der Waals surface area contributed by atoms with E-state index in [2.05, 4.69) is 0 Å². The molecule has 6 bridgehead atoms. The lowest BCUT2D eigenvalue weighted by molar-refractivity contribution is -0.176. The van der Waals surface area contributed by atoms with Gasteiger partial charge in [0.25, 0.3) is 0 Å². The van der Waals surface area contributed by atoms with E-state index in [1.807, 2.05) is 196 Å². The van der Waals surface area contributed by atoms with E-state index in [1.54, 1.807) is 12.1 Å². The number of esters is 4. The molecule has 0 aliphatic heterocycles. The topological polar surface area (TPSA) is 186 Å². The lowest BCUT2D eigenvalue weighted by atomic mass is 9.45. The third-order valence-corrected chi connectivity index (χ3v) is 25.9. The van der Waals surface area contributed by atoms with Gasteiger partial charge in [-0.3, -0.25) is 19.2 Å². The van der Waals surface area contributed by atoms with Crippen molar-refractivity contribution in [3.63, 3.8) is 0 Å². The third kappa shape index (κ3) is 18.4. The Labute approximate surface area is 589 Å². The van der Waals surface area contributed by atoms with Crippen LogP contribution < -0.4 is 9.47 Å². The van der Waals surface area contributed by atoms with Gasteiger partial charge >= 0.3 is 23.9 Å². The van der Waals surface area contributed by atoms with Crippen LogP contribution in [0.15, 0.2) is 97.1 Å². The Bertz CT molecular complexity index is 3210. The van der Waals surface area contributed by atoms with Gasteiger partial charge in [0.1, 0.15) is 24.7 Å². The predicted molar refractivity (Wildman–Crippen MR) is 389 cm³/mol. The van der Waals surface area contributed by atoms with Crippen LogP contribution in [0.1, 0.15) is 292 Å². The van der Waals surface area contributed by atoms with Crippen molar-refractivity contribution >= 4 is 23.9 Å². The number of benzene rings is 4. The summed E-state index contributed by atoms with van der Waals surface area (Å²) in [4.78, 5) is 48.5. The van der Waals surface area contributed by atoms with Gasteiger partial charge in [0, 0.05) is 5.41 Å². The summed E-state index contributed by atoms with van der Waals surface area (Å²) in [6.07, 6.45) is 26.1. The van der Waals surface area contributed by atoms with E-state index in [4.69, 9.17) is 18.9 Å². The molecule has 4 N–H and O–H groups in total. The summed E-state index contributed by atoms with van der Waals surface area (Å²) in [6.45, 7) is 31.5. The second-order valence-corrected chi connectivity index (χ2v) is 34.6. The molecule has 7 unspecified atom stereocenters. The van der Waals surface area contributed by atoms with Gasteiger partial charge in [-0.2, -0.15) is 0 Å². The van der Waals surface area contributed by atoms with Crippen molar-refractivity contribution < 1.29 is 58.6 Å². The van der Waals surface area contributed by atoms with Crippen molar-refractivity contribution in [1.82, 2.24) is 0 Å². The third-order valence-electron chi connectivity index (χ3n) is 25.9. The van der Waals surface area contributed by atoms with Crippen LogP contribution >= 0.6 is 0 Å². The summed E-state index contributed by atoms with van der Waals surface area (Å²) in [5, 5.41) is 44.6. The van der Waals surface area contributed by atoms with Gasteiger partial charge in [-0.1, -0.05) is 139 Å². The zero-order chi connectivity index (χ0) is 71.9. The van der Waals surface area contributed by atoms with Gasteiger partial charge in [-0.15, -0.1) is 0 Å². The Kier molecular flexibility index (Phi) is 25.5. The SMILES string of the molecule is CCC(C)(C)C(=O)OCc1ccc(C(C)(O)C2CCCC2)cc1.CCC(C)(C)C(=O)OCc1ccc(C(C)(O)C2CCCCC2)cc1.CCC(C)(C)C(=O)Oc1ccc(C(C)(O)C23CC4CC(CC(C4)C2)C3)cc1.CCC(C)(C)C(=O)Oc1ccc(C(C)(O)C2CC3CCC2C3)cc1. The minimum Gasteiger partial charge on any atom is -0.460 e. The zero-order valence-electron chi connectivity index (χ0n) is 63.1. The number of carbonyl (C=O) groups is 4. The van der Waals surface area contributed by atoms with Crippen molar-refractivity contribution in [1.29, 1.82) is 0 Å². The van der Waals surface area contributed by atoms with Gasteiger partial charge < -0.3 is 39.4 Å². The Morgan fingerprint density at radius 3 is 1.04 bits per heavy atom. The summed E-state index contributed by atoms with van der Waals surface area (Å²) >= 11 is 0. The molecule has 12 heteroatoms. The molecule has 8 aliphatic carbocycles. The molecule has 4 aromatic rings. The second-order valence-electron chi connectivity index (χ2n) is 34.6. The Hall–Kier alpha value is -5.40. The van der Waals surface area contributed by atoms with Gasteiger partial charge in [0.2, 0.25) is 0 Å². The van der Waals surface area contributed by atoms with Gasteiger partial charge in [0.05, 0.1) is 44.1 Å². The smallest absolute Gasteiger partial charge is 0.316 e. The highest BCUT2D eigenvalue weighted by Crippen LogP contribution is 2.66. The van der Waals surface area contributed by atoms with Crippen molar-refractivity contribution in [2.45, 2.75) is 294 Å². The molecule has 0 aromatic heterocycles. The number of fused-ring (bicyclic) bond motifs is 2. The first-order valence-electron chi connectivity index (χ1n) is 38.0. The maximum atomic E-state index is 12.3. The van der Waals surface area contributed by atoms with E-state index < -0.39 is 44.1 Å². The molecule has 98 heavy (non-hydrogen) atoms. The fraction of sp³-hybridized carbons (Fsp3) is 0.674. The molecule has 8 aliphatic rings. The Morgan fingerprint density at radius 2 is 0.704 bits per heavy atom. The van der Waals surface area contributed by atoms with E-state index in [1.165, 1.54) is 70.6 Å². The summed E-state index contributed by atoms with van der Waals surface area (Å²) in [5.41, 5.74) is 0.710. The number of hydrogen-bond acceptors (Lipinski definition) is 12. The molecule has 12 rings (SSSR count). The standard InChI is InChI=1S/C24H34O3.C21H30O3.C21H32O3.C20H30O3/c1-5-22(2,3)21(25)27-20-8-6-19(7-9-20)23(4,26)24-13-16-10-17(14-24)12-18(11-16)15-24;1-5-20(2,3)19(22)24-17-10-8-16(9-11-17)21(4,23)18-13-14-6-7-15(18)12-14;1-5-20(2,3)19(22)24-15-16-11-13-18(14-12-16)21(4,23)17-9-7-6-8-10-17;1-5-19(2,3)18(21)23-14-15-10-12-17(13-11-15)20(4,22)16-8-6-7-9-16/h6-9,16-18,26H,5,10-15H2,1-4H3;8-11,14-15,18,23H,5-7,12-13H2,1-4H3;11-14,17,23H,5-10,15H2,1-4H3;10-13,16,22H,5-9,14H2,1-4H3. The molecule has 4 aromatic carbocycles. The van der Waals surface area contributed by atoms with Crippen LogP contribution in [0.2, 0.25) is 0 Å². The predicted octanol–water partition coefficient (Wildman–Crippen LogP) is 19.6. The van der Waals surface area contributed by atoms with E-state index in [9.17, 15) is 39.6 Å². The first-order chi connectivity index (χ1) is 45.9. The minimum absolute atomic E-state index is 0.0180. The van der Waals surface area contributed by atoms with E-state index in [-0.39, 0.29) is 42.5 Å². The molecule has 0 heterocycles. The summed E-state index contributed by atoms with van der Waals surface area (Å²) in [7, 11) is 0. The molecule has 0 saturated heterocycles. The first kappa shape index (κ1) is 78.3. The van der Waals surface area contributed by atoms with E-state index in [0.29, 0.717) is 35.2 Å². The van der Waals surface area contributed by atoms with Crippen LogP contribution in [0.5, 0.6) is 11.5 Å². The van der Waals surface area contributed by atoms with Crippen LogP contribution in [0.25, 0.3) is 0 Å². The number of aliphatic hydroxyl groups is 4. The Morgan fingerprint density at radius 1 is 0.378 bits per heavy atom. The van der Waals surface area contributed by atoms with Crippen LogP contribution in [0.3, 0.4) is 0 Å². The fourth-order valence-electron chi connectivity index (χ4n) is 17.1. The average molecular weight is 1350 g/mol. The molecule has 12 nitrogen and oxygen atoms in total. The maximum absolute atomic E-state index is 12.3. The van der Waals surface area contributed by atoms with Crippen molar-refractivity contribution in [2.24, 2.45) is 74.4 Å². The molecule has 8 saturated carbocycles. The molecule has 0 amide bonds. The van der Waals surface area contributed by atoms with Gasteiger partial charge in [-0.05, 0) is 297 Å². The molecular weight excluding hydrogens is 1220 g/mol. The lowest BCUT2D eigenvalue weighted by Gasteiger charge is -2.61. The Balaban J connectivity index is 0.000000167. The number of ether oxygens (including phenoxy) is 4. The minimum atomic E-state index is -0.825. The van der Waals surface area contributed by atoms with Crippen LogP contribution in [0, 0.1) is 74.4 Å². The molecular formula is C86H126O12. The normalized spacial score (nSPS) is 25.5. The van der Waals surface area contributed by atoms with Gasteiger partial charge in [0.15, 0.2) is 0 Å². The van der Waals surface area contributed by atoms with E-state index >= 15 is 0 Å². The average Bonchev–Trinajstić information content (AvgIpc) is 0.885. The maximum Gasteiger partial charge on any atom is 0.316 e. The fourth-order valence-corrected chi connectivity index (χ4v) is 17.1. The zero-order valence-corrected chi connectivity index (χ0v) is 63.1. The number of hydrogen-bond donors (Lipinski definition) is 4. The van der Waals surface area contributed by atoms with Crippen molar-refractivity contribution in [2.75, 3.05) is 0 Å². The molecule has 0 radical (unpaired) electrons. The number of rotatable bonds is 22. The van der Waals surface area contributed by atoms with Crippen molar-refractivity contribution in [3.05, 3.63) is 130 Å². The van der Waals surface area contributed by atoms with Crippen LogP contribution in [-0.4, -0.2) is 44.3 Å². The summed E-state index contributed by atoms with van der Waals surface area (Å²) in [6, 6.07) is 30.7. The highest BCUT2D eigenvalue weighted by molar-refractivity contribution is 5.79. The number of carbonyl (C=O) groups excluding carboxylic acids is 4. The highest BCUT2D eigenvalue weighted by atomic mass is 16.5. The lowest BCUT2D eigenvalue weighted by Crippen LogP contribution is -2.55. The quantitative estimate of drug-likeness (QED) is 0.0432. The monoisotopic (exact) mass is 1350 g/mol. The summed E-state index contributed by atoms with van der Waals surface area (Å²) in [5.74, 6) is 5.28. The van der Waals surface area contributed by atoms with E-state index in [0.717, 1.165) is 134 Å². The molecule has 8 fully saturated rings. The highest BCUT2D eigenvalue weighted by Gasteiger charge is 2.59. The molecule has 542 valence electrons. The van der Waals surface area contributed by atoms with Crippen LogP contribution in [0.4, 0.5) is 0 Å². The second kappa shape index (κ2) is 31.9. The molecule has 7 atom stereocenters. The van der Waals surface area contributed by atoms with Crippen molar-refractivity contribution in [3.8, 4) is 11.5 Å². The van der Waals surface area contributed by atoms with Gasteiger partial charge in [-0.25, -0.2) is 0 Å². The summed E-state index contributed by atoms with van der Waals surface area (Å²) < 4.78 is 21.9. The largest absolute Gasteiger partial charge is 0.460 e. The first-order valence-corrected chi connectivity index (χ1v) is 38.0. The molecule has 0 spiro atoms. The van der Waals surface area contributed by atoms with Crippen LogP contribution in [-0.2, 0) is 64.3 Å².